The van der Waals surface area contributed by atoms with Crippen LogP contribution >= 0.6 is 22.6 Å². The number of alkyl halides is 1. The van der Waals surface area contributed by atoms with Gasteiger partial charge in [0.25, 0.3) is 0 Å². The number of hydrogen-bond donors (Lipinski definition) is 2. The van der Waals surface area contributed by atoms with Gasteiger partial charge in [0.05, 0.1) is 0 Å². The van der Waals surface area contributed by atoms with Crippen molar-refractivity contribution >= 4 is 28.5 Å². The van der Waals surface area contributed by atoms with Gasteiger partial charge in [0.15, 0.2) is 0 Å². The molecule has 0 aliphatic carbocycles. The number of carbonyl (C=O) groups excluding carboxylic acids is 1. The molecule has 0 aromatic rings. The van der Waals surface area contributed by atoms with E-state index >= 15 is 0 Å². The van der Waals surface area contributed by atoms with Crippen LogP contribution in [0.1, 0.15) is 26.2 Å². The van der Waals surface area contributed by atoms with Crippen LogP contribution in [0.2, 0.25) is 0 Å². The van der Waals surface area contributed by atoms with Gasteiger partial charge in [-0.2, -0.15) is 0 Å². The van der Waals surface area contributed by atoms with E-state index < -0.39 is 0 Å². The van der Waals surface area contributed by atoms with Gasteiger partial charge in [0.2, 0.25) is 5.91 Å². The monoisotopic (exact) mass is 257 g/mol. The molecule has 4 heteroatoms. The maximum absolute atomic E-state index is 10.5. The lowest BCUT2D eigenvalue weighted by Gasteiger charge is -2.04. The van der Waals surface area contributed by atoms with E-state index in [0.29, 0.717) is 10.3 Å². The summed E-state index contributed by atoms with van der Waals surface area (Å²) >= 11 is 2.21. The summed E-state index contributed by atoms with van der Waals surface area (Å²) in [6.45, 7) is 2.07. The Morgan fingerprint density at radius 1 is 1.80 bits per heavy atom. The minimum atomic E-state index is -0.298. The molecule has 1 atom stereocenters. The van der Waals surface area contributed by atoms with Crippen LogP contribution in [0, 0.1) is 0 Å². The van der Waals surface area contributed by atoms with Crippen LogP contribution in [-0.4, -0.2) is 15.0 Å². The summed E-state index contributed by atoms with van der Waals surface area (Å²) in [6.07, 6.45) is 2.51. The highest BCUT2D eigenvalue weighted by Gasteiger charge is 2.07. The van der Waals surface area contributed by atoms with E-state index in [4.69, 9.17) is 5.21 Å². The SMILES string of the molecule is CCCC(I)CC(=O)NO. The molecule has 0 aromatic carbocycles. The molecule has 0 saturated heterocycles. The molecule has 0 radical (unpaired) electrons. The Kier molecular flexibility index (Phi) is 6.00. The highest BCUT2D eigenvalue weighted by Crippen LogP contribution is 2.11. The summed E-state index contributed by atoms with van der Waals surface area (Å²) in [5.41, 5.74) is 1.61. The predicted octanol–water partition coefficient (Wildman–Crippen LogP) is 1.49. The van der Waals surface area contributed by atoms with E-state index in [1.807, 2.05) is 0 Å². The van der Waals surface area contributed by atoms with E-state index in [2.05, 4.69) is 29.5 Å². The summed E-state index contributed by atoms with van der Waals surface area (Å²) in [7, 11) is 0. The molecule has 0 rings (SSSR count). The van der Waals surface area contributed by atoms with E-state index in [0.717, 1.165) is 12.8 Å². The number of halogens is 1. The van der Waals surface area contributed by atoms with Crippen molar-refractivity contribution in [2.75, 3.05) is 0 Å². The summed E-state index contributed by atoms with van der Waals surface area (Å²) in [5, 5.41) is 8.15. The van der Waals surface area contributed by atoms with E-state index in [1.165, 1.54) is 0 Å². The minimum absolute atomic E-state index is 0.298. The molecule has 1 amide bonds. The number of rotatable bonds is 4. The van der Waals surface area contributed by atoms with Crippen molar-refractivity contribution in [2.45, 2.75) is 30.1 Å². The Bertz CT molecular complexity index is 108. The minimum Gasteiger partial charge on any atom is -0.289 e. The van der Waals surface area contributed by atoms with E-state index in [-0.39, 0.29) is 5.91 Å². The summed E-state index contributed by atoms with van der Waals surface area (Å²) in [5.74, 6) is -0.298. The first-order chi connectivity index (χ1) is 4.70. The zero-order chi connectivity index (χ0) is 7.98. The molecule has 0 fully saturated rings. The summed E-state index contributed by atoms with van der Waals surface area (Å²) in [4.78, 5) is 10.5. The van der Waals surface area contributed by atoms with E-state index in [9.17, 15) is 4.79 Å². The fourth-order valence-corrected chi connectivity index (χ4v) is 1.68. The smallest absolute Gasteiger partial charge is 0.244 e. The van der Waals surface area contributed by atoms with Gasteiger partial charge in [-0.25, -0.2) is 5.48 Å². The average molecular weight is 257 g/mol. The zero-order valence-electron chi connectivity index (χ0n) is 5.93. The quantitative estimate of drug-likeness (QED) is 0.347. The van der Waals surface area contributed by atoms with Gasteiger partial charge < -0.3 is 0 Å². The highest BCUT2D eigenvalue weighted by molar-refractivity contribution is 14.1. The van der Waals surface area contributed by atoms with Gasteiger partial charge in [-0.15, -0.1) is 0 Å². The molecule has 3 nitrogen and oxygen atoms in total. The second kappa shape index (κ2) is 5.91. The van der Waals surface area contributed by atoms with Crippen molar-refractivity contribution in [3.8, 4) is 0 Å². The molecular formula is C6H12INO2. The fraction of sp³-hybridized carbons (Fsp3) is 0.833. The summed E-state index contributed by atoms with van der Waals surface area (Å²) in [6, 6.07) is 0. The van der Waals surface area contributed by atoms with Crippen LogP contribution in [0.5, 0.6) is 0 Å². The lowest BCUT2D eigenvalue weighted by atomic mass is 10.2. The Morgan fingerprint density at radius 2 is 2.40 bits per heavy atom. The molecule has 0 spiro atoms. The molecule has 0 aliphatic heterocycles. The molecule has 0 aromatic heterocycles. The Balaban J connectivity index is 3.37. The Hall–Kier alpha value is 0.160. The van der Waals surface area contributed by atoms with Crippen molar-refractivity contribution in [3.63, 3.8) is 0 Å². The maximum Gasteiger partial charge on any atom is 0.244 e. The van der Waals surface area contributed by atoms with Crippen molar-refractivity contribution in [3.05, 3.63) is 0 Å². The second-order valence-electron chi connectivity index (χ2n) is 2.13. The first-order valence-electron chi connectivity index (χ1n) is 3.27. The van der Waals surface area contributed by atoms with Gasteiger partial charge in [0.1, 0.15) is 0 Å². The molecule has 0 bridgehead atoms. The zero-order valence-corrected chi connectivity index (χ0v) is 8.09. The third kappa shape index (κ3) is 4.99. The molecule has 1 unspecified atom stereocenters. The number of hydrogen-bond acceptors (Lipinski definition) is 2. The van der Waals surface area contributed by atoms with Crippen LogP contribution in [-0.2, 0) is 4.79 Å². The summed E-state index contributed by atoms with van der Waals surface area (Å²) < 4.78 is 0.342. The fourth-order valence-electron chi connectivity index (χ4n) is 0.662. The van der Waals surface area contributed by atoms with Gasteiger partial charge in [-0.05, 0) is 6.42 Å². The molecule has 2 N–H and O–H groups in total. The second-order valence-corrected chi connectivity index (χ2v) is 3.89. The van der Waals surface area contributed by atoms with Crippen molar-refractivity contribution in [1.29, 1.82) is 0 Å². The molecule has 0 aliphatic rings. The maximum atomic E-state index is 10.5. The van der Waals surface area contributed by atoms with Crippen LogP contribution < -0.4 is 5.48 Å². The topological polar surface area (TPSA) is 49.3 Å². The first-order valence-corrected chi connectivity index (χ1v) is 4.52. The van der Waals surface area contributed by atoms with Crippen molar-refractivity contribution < 1.29 is 10.0 Å². The third-order valence-corrected chi connectivity index (χ3v) is 2.20. The van der Waals surface area contributed by atoms with Crippen LogP contribution in [0.3, 0.4) is 0 Å². The van der Waals surface area contributed by atoms with Gasteiger partial charge in [-0.3, -0.25) is 10.0 Å². The number of hydroxylamine groups is 1. The van der Waals surface area contributed by atoms with E-state index in [1.54, 1.807) is 5.48 Å². The van der Waals surface area contributed by atoms with Crippen molar-refractivity contribution in [2.24, 2.45) is 0 Å². The van der Waals surface area contributed by atoms with Gasteiger partial charge in [-0.1, -0.05) is 35.9 Å². The number of nitrogens with one attached hydrogen (secondary N) is 1. The largest absolute Gasteiger partial charge is 0.289 e. The molecule has 60 valence electrons. The molecule has 0 heterocycles. The molecule has 10 heavy (non-hydrogen) atoms. The Morgan fingerprint density at radius 3 is 2.80 bits per heavy atom. The predicted molar refractivity (Wildman–Crippen MR) is 47.3 cm³/mol. The lowest BCUT2D eigenvalue weighted by molar-refractivity contribution is -0.129. The molecular weight excluding hydrogens is 245 g/mol. The van der Waals surface area contributed by atoms with Gasteiger partial charge >= 0.3 is 0 Å². The van der Waals surface area contributed by atoms with Crippen LogP contribution in [0.15, 0.2) is 0 Å². The number of carbonyl (C=O) groups is 1. The van der Waals surface area contributed by atoms with Crippen LogP contribution in [0.4, 0.5) is 0 Å². The number of amides is 1. The third-order valence-electron chi connectivity index (χ3n) is 1.13. The lowest BCUT2D eigenvalue weighted by Crippen LogP contribution is -2.21. The first kappa shape index (κ1) is 10.2. The van der Waals surface area contributed by atoms with Crippen LogP contribution in [0.25, 0.3) is 0 Å². The average Bonchev–Trinajstić information content (AvgIpc) is 1.88. The van der Waals surface area contributed by atoms with Gasteiger partial charge in [0, 0.05) is 10.3 Å². The highest BCUT2D eigenvalue weighted by atomic mass is 127. The normalized spacial score (nSPS) is 12.7. The molecule has 0 saturated carbocycles. The standard InChI is InChI=1S/C6H12INO2/c1-2-3-5(7)4-6(9)8-10/h5,10H,2-4H2,1H3,(H,8,9). The van der Waals surface area contributed by atoms with Crippen molar-refractivity contribution in [1.82, 2.24) is 5.48 Å². The Labute approximate surface area is 74.3 Å².